The zero-order valence-corrected chi connectivity index (χ0v) is 15.1. The summed E-state index contributed by atoms with van der Waals surface area (Å²) in [6.45, 7) is 6.24. The van der Waals surface area contributed by atoms with E-state index in [-0.39, 0.29) is 17.9 Å². The van der Waals surface area contributed by atoms with Crippen LogP contribution in [0.5, 0.6) is 0 Å². The molecule has 2 aliphatic heterocycles. The van der Waals surface area contributed by atoms with Crippen LogP contribution in [0.4, 0.5) is 0 Å². The highest BCUT2D eigenvalue weighted by molar-refractivity contribution is 7.99. The second-order valence-electron chi connectivity index (χ2n) is 6.66. The lowest BCUT2D eigenvalue weighted by Gasteiger charge is -2.19. The predicted octanol–water partition coefficient (Wildman–Crippen LogP) is 1.54. The summed E-state index contributed by atoms with van der Waals surface area (Å²) in [6, 6.07) is 5.70. The molecule has 2 saturated heterocycles. The molecule has 2 fully saturated rings. The molecule has 0 aromatic heterocycles. The lowest BCUT2D eigenvalue weighted by molar-refractivity contribution is -0.131. The molecule has 2 N–H and O–H groups in total. The van der Waals surface area contributed by atoms with E-state index in [1.54, 1.807) is 11.8 Å². The molecule has 24 heavy (non-hydrogen) atoms. The number of nitrogens with zero attached hydrogens (tertiary/aromatic N) is 1. The summed E-state index contributed by atoms with van der Waals surface area (Å²) in [7, 11) is 0. The second-order valence-corrected chi connectivity index (χ2v) is 7.73. The lowest BCUT2D eigenvalue weighted by Crippen LogP contribution is -2.42. The Morgan fingerprint density at radius 2 is 2.21 bits per heavy atom. The van der Waals surface area contributed by atoms with Crippen LogP contribution in [0.15, 0.2) is 18.2 Å². The number of hydrogen-bond acceptors (Lipinski definition) is 4. The maximum atomic E-state index is 12.4. The van der Waals surface area contributed by atoms with Crippen LogP contribution in [0.1, 0.15) is 27.9 Å². The van der Waals surface area contributed by atoms with Gasteiger partial charge in [0.05, 0.1) is 11.9 Å². The fourth-order valence-electron chi connectivity index (χ4n) is 3.29. The van der Waals surface area contributed by atoms with Crippen molar-refractivity contribution in [2.75, 3.05) is 31.3 Å². The zero-order chi connectivity index (χ0) is 17.1. The van der Waals surface area contributed by atoms with E-state index >= 15 is 0 Å². The van der Waals surface area contributed by atoms with Gasteiger partial charge >= 0.3 is 0 Å². The molecule has 5 nitrogen and oxygen atoms in total. The largest absolute Gasteiger partial charge is 0.352 e. The SMILES string of the molecule is Cc1cccc(C(=O)NC[C@@H]2CN[C@H](C(=O)N3CCSC3)C2)c1C. The third-order valence-corrected chi connectivity index (χ3v) is 5.95. The summed E-state index contributed by atoms with van der Waals surface area (Å²) in [5.41, 5.74) is 2.89. The minimum Gasteiger partial charge on any atom is -0.352 e. The normalized spacial score (nSPS) is 23.5. The molecule has 0 bridgehead atoms. The van der Waals surface area contributed by atoms with Gasteiger partial charge in [-0.15, -0.1) is 11.8 Å². The number of carbonyl (C=O) groups excluding carboxylic acids is 2. The second kappa shape index (κ2) is 7.57. The third-order valence-electron chi connectivity index (χ3n) is 4.98. The topological polar surface area (TPSA) is 61.4 Å². The monoisotopic (exact) mass is 347 g/mol. The van der Waals surface area contributed by atoms with Crippen LogP contribution in [-0.4, -0.2) is 54.0 Å². The van der Waals surface area contributed by atoms with Gasteiger partial charge in [-0.3, -0.25) is 9.59 Å². The molecular formula is C18H25N3O2S. The van der Waals surface area contributed by atoms with Crippen molar-refractivity contribution in [1.82, 2.24) is 15.5 Å². The Labute approximate surface area is 147 Å². The molecule has 1 aromatic carbocycles. The van der Waals surface area contributed by atoms with Crippen molar-refractivity contribution in [3.8, 4) is 0 Å². The summed E-state index contributed by atoms with van der Waals surface area (Å²) in [5.74, 6) is 2.34. The van der Waals surface area contributed by atoms with Gasteiger partial charge in [-0.1, -0.05) is 12.1 Å². The van der Waals surface area contributed by atoms with Crippen molar-refractivity contribution >= 4 is 23.6 Å². The summed E-state index contributed by atoms with van der Waals surface area (Å²) >= 11 is 1.80. The Bertz CT molecular complexity index is 629. The van der Waals surface area contributed by atoms with Gasteiger partial charge in [-0.25, -0.2) is 0 Å². The predicted molar refractivity (Wildman–Crippen MR) is 97.2 cm³/mol. The van der Waals surface area contributed by atoms with Crippen molar-refractivity contribution < 1.29 is 9.59 Å². The van der Waals surface area contributed by atoms with E-state index in [1.807, 2.05) is 36.9 Å². The summed E-state index contributed by atoms with van der Waals surface area (Å²) in [4.78, 5) is 26.7. The van der Waals surface area contributed by atoms with Crippen molar-refractivity contribution in [2.45, 2.75) is 26.3 Å². The van der Waals surface area contributed by atoms with Crippen LogP contribution in [-0.2, 0) is 4.79 Å². The van der Waals surface area contributed by atoms with Gasteiger partial charge in [0.2, 0.25) is 5.91 Å². The highest BCUT2D eigenvalue weighted by atomic mass is 32.2. The Morgan fingerprint density at radius 1 is 1.38 bits per heavy atom. The minimum atomic E-state index is -0.0914. The third kappa shape index (κ3) is 3.75. The molecular weight excluding hydrogens is 322 g/mol. The first kappa shape index (κ1) is 17.3. The summed E-state index contributed by atoms with van der Waals surface area (Å²) < 4.78 is 0. The molecule has 0 radical (unpaired) electrons. The number of amides is 2. The van der Waals surface area contributed by atoms with Crippen LogP contribution in [0.2, 0.25) is 0 Å². The number of benzene rings is 1. The lowest BCUT2D eigenvalue weighted by atomic mass is 10.0. The molecule has 0 spiro atoms. The molecule has 6 heteroatoms. The number of nitrogens with one attached hydrogen (secondary N) is 2. The van der Waals surface area contributed by atoms with Gasteiger partial charge < -0.3 is 15.5 Å². The molecule has 0 aliphatic carbocycles. The number of aryl methyl sites for hydroxylation is 1. The fourth-order valence-corrected chi connectivity index (χ4v) is 4.25. The molecule has 2 amide bonds. The van der Waals surface area contributed by atoms with Gasteiger partial charge in [0.15, 0.2) is 0 Å². The van der Waals surface area contributed by atoms with Gasteiger partial charge in [-0.05, 0) is 43.4 Å². The summed E-state index contributed by atoms with van der Waals surface area (Å²) in [6.07, 6.45) is 0.799. The molecule has 0 unspecified atom stereocenters. The first-order valence-electron chi connectivity index (χ1n) is 8.50. The highest BCUT2D eigenvalue weighted by Crippen LogP contribution is 2.20. The molecule has 130 valence electrons. The molecule has 0 saturated carbocycles. The van der Waals surface area contributed by atoms with Crippen LogP contribution in [0.3, 0.4) is 0 Å². The summed E-state index contributed by atoms with van der Waals surface area (Å²) in [5, 5.41) is 6.35. The van der Waals surface area contributed by atoms with Gasteiger partial charge in [0.25, 0.3) is 5.91 Å². The Kier molecular flexibility index (Phi) is 5.46. The van der Waals surface area contributed by atoms with Crippen LogP contribution in [0.25, 0.3) is 0 Å². The van der Waals surface area contributed by atoms with E-state index in [1.165, 1.54) is 0 Å². The van der Waals surface area contributed by atoms with Gasteiger partial charge in [-0.2, -0.15) is 0 Å². The van der Waals surface area contributed by atoms with Crippen molar-refractivity contribution in [3.63, 3.8) is 0 Å². The van der Waals surface area contributed by atoms with E-state index in [4.69, 9.17) is 0 Å². The van der Waals surface area contributed by atoms with Crippen LogP contribution < -0.4 is 10.6 Å². The average molecular weight is 347 g/mol. The van der Waals surface area contributed by atoms with Crippen molar-refractivity contribution in [1.29, 1.82) is 0 Å². The van der Waals surface area contributed by atoms with Crippen LogP contribution >= 0.6 is 11.8 Å². The first-order chi connectivity index (χ1) is 11.6. The van der Waals surface area contributed by atoms with Crippen LogP contribution in [0, 0.1) is 19.8 Å². The Morgan fingerprint density at radius 3 is 2.96 bits per heavy atom. The fraction of sp³-hybridized carbons (Fsp3) is 0.556. The number of rotatable bonds is 4. The number of carbonyl (C=O) groups is 2. The van der Waals surface area contributed by atoms with E-state index in [0.717, 1.165) is 47.8 Å². The molecule has 2 heterocycles. The molecule has 1 aromatic rings. The van der Waals surface area contributed by atoms with Crippen molar-refractivity contribution in [3.05, 3.63) is 34.9 Å². The smallest absolute Gasteiger partial charge is 0.251 e. The van der Waals surface area contributed by atoms with Gasteiger partial charge in [0, 0.05) is 31.0 Å². The molecule has 2 aliphatic rings. The maximum absolute atomic E-state index is 12.4. The molecule has 3 rings (SSSR count). The van der Waals surface area contributed by atoms with E-state index < -0.39 is 0 Å². The quantitative estimate of drug-likeness (QED) is 0.867. The maximum Gasteiger partial charge on any atom is 0.251 e. The number of hydrogen-bond donors (Lipinski definition) is 2. The van der Waals surface area contributed by atoms with E-state index in [9.17, 15) is 9.59 Å². The van der Waals surface area contributed by atoms with E-state index in [0.29, 0.717) is 12.5 Å². The zero-order valence-electron chi connectivity index (χ0n) is 14.3. The van der Waals surface area contributed by atoms with E-state index in [2.05, 4.69) is 10.6 Å². The Balaban J connectivity index is 1.50. The molecule has 2 atom stereocenters. The minimum absolute atomic E-state index is 0.0260. The average Bonchev–Trinajstić information content (AvgIpc) is 3.26. The Hall–Kier alpha value is -1.53. The standard InChI is InChI=1S/C18H25N3O2S/c1-12-4-3-5-15(13(12)2)17(22)20-10-14-8-16(19-9-14)18(23)21-6-7-24-11-21/h3-5,14,16,19H,6-11H2,1-2H3,(H,20,22)/t14-,16-/m0/s1. The highest BCUT2D eigenvalue weighted by Gasteiger charge is 2.33. The first-order valence-corrected chi connectivity index (χ1v) is 9.66. The number of thioether (sulfide) groups is 1. The van der Waals surface area contributed by atoms with Crippen molar-refractivity contribution in [2.24, 2.45) is 5.92 Å². The van der Waals surface area contributed by atoms with Gasteiger partial charge in [0.1, 0.15) is 0 Å².